The van der Waals surface area contributed by atoms with Crippen molar-refractivity contribution >= 4 is 5.69 Å². The third kappa shape index (κ3) is 4.75. The molecule has 0 aromatic heterocycles. The Morgan fingerprint density at radius 1 is 0.920 bits per heavy atom. The molecule has 0 amide bonds. The number of benzene rings is 2. The van der Waals surface area contributed by atoms with Gasteiger partial charge >= 0.3 is 0 Å². The van der Waals surface area contributed by atoms with Gasteiger partial charge in [-0.3, -0.25) is 0 Å². The van der Waals surface area contributed by atoms with Crippen LogP contribution in [-0.2, 0) is 0 Å². The standard InChI is InChI=1S/C24H31N/c1-3-5-18-25-24-16-14-23(15-17-24)22-12-10-21(11-13-22)20-8-6-19(4-2)7-9-20/h4,10-17,19-20,25H,2-3,5-9,18H2,1H3. The van der Waals surface area contributed by atoms with E-state index in [9.17, 15) is 0 Å². The van der Waals surface area contributed by atoms with Crippen molar-refractivity contribution in [1.29, 1.82) is 0 Å². The molecule has 1 aliphatic carbocycles. The minimum absolute atomic E-state index is 0.732. The molecule has 0 spiro atoms. The summed E-state index contributed by atoms with van der Waals surface area (Å²) in [5, 5.41) is 3.48. The molecule has 1 heteroatoms. The molecule has 3 rings (SSSR count). The van der Waals surface area contributed by atoms with Crippen LogP contribution in [0.1, 0.15) is 56.9 Å². The van der Waals surface area contributed by atoms with Gasteiger partial charge in [-0.1, -0.05) is 55.8 Å². The van der Waals surface area contributed by atoms with Gasteiger partial charge in [0.2, 0.25) is 0 Å². The third-order valence-corrected chi connectivity index (χ3v) is 5.56. The molecular formula is C24H31N. The van der Waals surface area contributed by atoms with E-state index in [-0.39, 0.29) is 0 Å². The van der Waals surface area contributed by atoms with Crippen molar-refractivity contribution in [3.05, 3.63) is 66.7 Å². The van der Waals surface area contributed by atoms with Gasteiger partial charge in [-0.05, 0) is 72.8 Å². The molecule has 1 fully saturated rings. The van der Waals surface area contributed by atoms with Crippen molar-refractivity contribution in [3.8, 4) is 11.1 Å². The van der Waals surface area contributed by atoms with Gasteiger partial charge in [0.15, 0.2) is 0 Å². The van der Waals surface area contributed by atoms with Crippen LogP contribution in [0.2, 0.25) is 0 Å². The zero-order chi connectivity index (χ0) is 17.5. The second kappa shape index (κ2) is 8.89. The number of rotatable bonds is 7. The van der Waals surface area contributed by atoms with Crippen LogP contribution in [0.15, 0.2) is 61.2 Å². The lowest BCUT2D eigenvalue weighted by molar-refractivity contribution is 0.376. The summed E-state index contributed by atoms with van der Waals surface area (Å²) in [7, 11) is 0. The molecule has 0 atom stereocenters. The second-order valence-electron chi connectivity index (χ2n) is 7.33. The second-order valence-corrected chi connectivity index (χ2v) is 7.33. The summed E-state index contributed by atoms with van der Waals surface area (Å²) >= 11 is 0. The van der Waals surface area contributed by atoms with Gasteiger partial charge < -0.3 is 5.32 Å². The molecule has 0 bridgehead atoms. The summed E-state index contributed by atoms with van der Waals surface area (Å²) in [6, 6.07) is 18.1. The van der Waals surface area contributed by atoms with Crippen molar-refractivity contribution in [1.82, 2.24) is 0 Å². The van der Waals surface area contributed by atoms with E-state index in [4.69, 9.17) is 0 Å². The Morgan fingerprint density at radius 3 is 2.08 bits per heavy atom. The number of hydrogen-bond acceptors (Lipinski definition) is 1. The Kier molecular flexibility index (Phi) is 6.33. The largest absolute Gasteiger partial charge is 0.385 e. The van der Waals surface area contributed by atoms with Crippen molar-refractivity contribution in [3.63, 3.8) is 0 Å². The van der Waals surface area contributed by atoms with E-state index in [0.29, 0.717) is 0 Å². The lowest BCUT2D eigenvalue weighted by atomic mass is 9.78. The average molecular weight is 334 g/mol. The molecule has 1 N–H and O–H groups in total. The van der Waals surface area contributed by atoms with Crippen LogP contribution in [-0.4, -0.2) is 6.54 Å². The van der Waals surface area contributed by atoms with Gasteiger partial charge in [0, 0.05) is 12.2 Å². The van der Waals surface area contributed by atoms with Gasteiger partial charge in [0.1, 0.15) is 0 Å². The highest BCUT2D eigenvalue weighted by Gasteiger charge is 2.20. The van der Waals surface area contributed by atoms with E-state index in [1.165, 1.54) is 60.9 Å². The fourth-order valence-electron chi connectivity index (χ4n) is 3.83. The Hall–Kier alpha value is -2.02. The van der Waals surface area contributed by atoms with Crippen LogP contribution in [0.25, 0.3) is 11.1 Å². The average Bonchev–Trinajstić information content (AvgIpc) is 2.69. The first-order valence-corrected chi connectivity index (χ1v) is 9.87. The number of anilines is 1. The summed E-state index contributed by atoms with van der Waals surface area (Å²) in [4.78, 5) is 0. The quantitative estimate of drug-likeness (QED) is 0.424. The lowest BCUT2D eigenvalue weighted by Gasteiger charge is -2.27. The monoisotopic (exact) mass is 333 g/mol. The van der Waals surface area contributed by atoms with E-state index in [2.05, 4.69) is 73.4 Å². The fourth-order valence-corrected chi connectivity index (χ4v) is 3.83. The molecule has 132 valence electrons. The summed E-state index contributed by atoms with van der Waals surface area (Å²) < 4.78 is 0. The van der Waals surface area contributed by atoms with E-state index in [1.54, 1.807) is 0 Å². The minimum Gasteiger partial charge on any atom is -0.385 e. The molecule has 0 aliphatic heterocycles. The van der Waals surface area contributed by atoms with Crippen molar-refractivity contribution in [2.75, 3.05) is 11.9 Å². The molecular weight excluding hydrogens is 302 g/mol. The molecule has 1 nitrogen and oxygen atoms in total. The van der Waals surface area contributed by atoms with Crippen LogP contribution in [0.3, 0.4) is 0 Å². The zero-order valence-electron chi connectivity index (χ0n) is 15.5. The Balaban J connectivity index is 1.61. The first-order chi connectivity index (χ1) is 12.3. The SMILES string of the molecule is C=CC1CCC(c2ccc(-c3ccc(NCCCC)cc3)cc2)CC1. The highest BCUT2D eigenvalue weighted by Crippen LogP contribution is 2.36. The Labute approximate surface area is 153 Å². The smallest absolute Gasteiger partial charge is 0.0340 e. The molecule has 0 saturated heterocycles. The van der Waals surface area contributed by atoms with Gasteiger partial charge in [-0.15, -0.1) is 6.58 Å². The highest BCUT2D eigenvalue weighted by atomic mass is 14.9. The Morgan fingerprint density at radius 2 is 1.52 bits per heavy atom. The van der Waals surface area contributed by atoms with Crippen molar-refractivity contribution < 1.29 is 0 Å². The molecule has 0 radical (unpaired) electrons. The topological polar surface area (TPSA) is 12.0 Å². The number of nitrogens with one attached hydrogen (secondary N) is 1. The van der Waals surface area contributed by atoms with E-state index >= 15 is 0 Å². The molecule has 2 aromatic carbocycles. The summed E-state index contributed by atoms with van der Waals surface area (Å²) in [5.41, 5.74) is 5.32. The van der Waals surface area contributed by atoms with E-state index < -0.39 is 0 Å². The van der Waals surface area contributed by atoms with Gasteiger partial charge in [-0.25, -0.2) is 0 Å². The first-order valence-electron chi connectivity index (χ1n) is 9.87. The highest BCUT2D eigenvalue weighted by molar-refractivity contribution is 5.66. The fraction of sp³-hybridized carbons (Fsp3) is 0.417. The zero-order valence-corrected chi connectivity index (χ0v) is 15.5. The molecule has 1 saturated carbocycles. The maximum Gasteiger partial charge on any atom is 0.0340 e. The van der Waals surface area contributed by atoms with Crippen LogP contribution < -0.4 is 5.32 Å². The molecule has 0 unspecified atom stereocenters. The minimum atomic E-state index is 0.732. The van der Waals surface area contributed by atoms with Crippen LogP contribution in [0, 0.1) is 5.92 Å². The molecule has 2 aromatic rings. The lowest BCUT2D eigenvalue weighted by Crippen LogP contribution is -2.11. The summed E-state index contributed by atoms with van der Waals surface area (Å²) in [6.45, 7) is 7.23. The molecule has 1 aliphatic rings. The molecule has 0 heterocycles. The van der Waals surface area contributed by atoms with Crippen LogP contribution >= 0.6 is 0 Å². The van der Waals surface area contributed by atoms with Gasteiger partial charge in [0.05, 0.1) is 0 Å². The summed E-state index contributed by atoms with van der Waals surface area (Å²) in [5.74, 6) is 1.47. The first kappa shape index (κ1) is 17.8. The van der Waals surface area contributed by atoms with Crippen LogP contribution in [0.5, 0.6) is 0 Å². The number of unbranched alkanes of at least 4 members (excludes halogenated alkanes) is 1. The van der Waals surface area contributed by atoms with Gasteiger partial charge in [-0.2, -0.15) is 0 Å². The predicted molar refractivity (Wildman–Crippen MR) is 110 cm³/mol. The van der Waals surface area contributed by atoms with Gasteiger partial charge in [0.25, 0.3) is 0 Å². The third-order valence-electron chi connectivity index (χ3n) is 5.56. The van der Waals surface area contributed by atoms with E-state index in [0.717, 1.165) is 18.4 Å². The maximum atomic E-state index is 3.95. The summed E-state index contributed by atoms with van der Waals surface area (Å²) in [6.07, 6.45) is 9.78. The number of hydrogen-bond donors (Lipinski definition) is 1. The van der Waals surface area contributed by atoms with Crippen LogP contribution in [0.4, 0.5) is 5.69 Å². The normalized spacial score (nSPS) is 20.2. The predicted octanol–water partition coefficient (Wildman–Crippen LogP) is 7.03. The van der Waals surface area contributed by atoms with E-state index in [1.807, 2.05) is 0 Å². The van der Waals surface area contributed by atoms with Crippen molar-refractivity contribution in [2.24, 2.45) is 5.92 Å². The Bertz CT molecular complexity index is 645. The molecule has 25 heavy (non-hydrogen) atoms. The number of allylic oxidation sites excluding steroid dienone is 1. The van der Waals surface area contributed by atoms with Crippen molar-refractivity contribution in [2.45, 2.75) is 51.4 Å². The maximum absolute atomic E-state index is 3.95.